The van der Waals surface area contributed by atoms with Crippen molar-refractivity contribution in [1.82, 2.24) is 0 Å². The van der Waals surface area contributed by atoms with E-state index in [0.717, 1.165) is 12.0 Å². The second-order valence-corrected chi connectivity index (χ2v) is 7.16. The average molecular weight is 325 g/mol. The number of Topliss-reactive ketones (excluding diaryl/α,β-unsaturated/α-hetero) is 1. The number of ether oxygens (including phenoxy) is 1. The Morgan fingerprint density at radius 1 is 1.08 bits per heavy atom. The van der Waals surface area contributed by atoms with E-state index in [1.165, 1.54) is 5.56 Å². The first kappa shape index (κ1) is 18.1. The topological polar surface area (TPSA) is 52.3 Å². The van der Waals surface area contributed by atoms with Crippen LogP contribution in [0.3, 0.4) is 0 Å². The van der Waals surface area contributed by atoms with E-state index in [1.54, 1.807) is 18.2 Å². The lowest BCUT2D eigenvalue weighted by atomic mass is 9.87. The van der Waals surface area contributed by atoms with Gasteiger partial charge in [0, 0.05) is 12.0 Å². The van der Waals surface area contributed by atoms with Crippen LogP contribution in [0.15, 0.2) is 42.5 Å². The Morgan fingerprint density at radius 2 is 1.75 bits per heavy atom. The van der Waals surface area contributed by atoms with Crippen LogP contribution in [0.5, 0.6) is 5.75 Å². The Bertz CT molecular complexity index is 697. The van der Waals surface area contributed by atoms with Crippen molar-refractivity contribution < 1.29 is 9.53 Å². The molecule has 3 nitrogen and oxygen atoms in total. The number of anilines is 1. The summed E-state index contributed by atoms with van der Waals surface area (Å²) in [6.45, 7) is 9.03. The second kappa shape index (κ2) is 7.52. The number of rotatable bonds is 6. The van der Waals surface area contributed by atoms with Gasteiger partial charge in [0.05, 0.1) is 5.69 Å². The van der Waals surface area contributed by atoms with E-state index in [1.807, 2.05) is 6.92 Å². The fourth-order valence-corrected chi connectivity index (χ4v) is 2.49. The van der Waals surface area contributed by atoms with Gasteiger partial charge in [-0.05, 0) is 41.2 Å². The van der Waals surface area contributed by atoms with Crippen molar-refractivity contribution in [3.63, 3.8) is 0 Å². The minimum absolute atomic E-state index is 0.119. The number of carbonyl (C=O) groups is 1. The summed E-state index contributed by atoms with van der Waals surface area (Å²) in [6.07, 6.45) is 1.38. The minimum atomic E-state index is 0.119. The van der Waals surface area contributed by atoms with Crippen LogP contribution < -0.4 is 10.5 Å². The van der Waals surface area contributed by atoms with Gasteiger partial charge in [-0.3, -0.25) is 4.79 Å². The van der Waals surface area contributed by atoms with Crippen molar-refractivity contribution in [2.24, 2.45) is 0 Å². The molecule has 0 amide bonds. The van der Waals surface area contributed by atoms with Crippen LogP contribution >= 0.6 is 0 Å². The number of ketones is 1. The van der Waals surface area contributed by atoms with E-state index in [4.69, 9.17) is 10.5 Å². The van der Waals surface area contributed by atoms with Gasteiger partial charge in [-0.1, -0.05) is 52.0 Å². The van der Waals surface area contributed by atoms with Crippen LogP contribution in [0.2, 0.25) is 0 Å². The average Bonchev–Trinajstić information content (AvgIpc) is 2.53. The van der Waals surface area contributed by atoms with Crippen molar-refractivity contribution in [1.29, 1.82) is 0 Å². The molecule has 128 valence electrons. The summed E-state index contributed by atoms with van der Waals surface area (Å²) in [7, 11) is 0. The second-order valence-electron chi connectivity index (χ2n) is 7.16. The molecule has 0 heterocycles. The molecule has 2 aromatic carbocycles. The maximum absolute atomic E-state index is 11.9. The summed E-state index contributed by atoms with van der Waals surface area (Å²) in [4.78, 5) is 11.9. The highest BCUT2D eigenvalue weighted by atomic mass is 16.5. The van der Waals surface area contributed by atoms with Gasteiger partial charge >= 0.3 is 0 Å². The van der Waals surface area contributed by atoms with Crippen LogP contribution in [0, 0.1) is 0 Å². The Hall–Kier alpha value is -2.29. The molecular formula is C21H27NO2. The molecule has 0 saturated carbocycles. The van der Waals surface area contributed by atoms with Gasteiger partial charge in [0.1, 0.15) is 12.4 Å². The highest BCUT2D eigenvalue weighted by molar-refractivity contribution is 5.97. The zero-order valence-electron chi connectivity index (χ0n) is 15.1. The third kappa shape index (κ3) is 4.60. The van der Waals surface area contributed by atoms with Gasteiger partial charge in [-0.2, -0.15) is 0 Å². The van der Waals surface area contributed by atoms with Gasteiger partial charge in [-0.25, -0.2) is 0 Å². The smallest absolute Gasteiger partial charge is 0.162 e. The monoisotopic (exact) mass is 325 g/mol. The van der Waals surface area contributed by atoms with Gasteiger partial charge in [-0.15, -0.1) is 0 Å². The Kier molecular flexibility index (Phi) is 5.66. The largest absolute Gasteiger partial charge is 0.487 e. The zero-order valence-corrected chi connectivity index (χ0v) is 15.1. The molecule has 0 aliphatic carbocycles. The fraction of sp³-hybridized carbons (Fsp3) is 0.381. The molecule has 0 aliphatic rings. The van der Waals surface area contributed by atoms with Crippen molar-refractivity contribution in [3.05, 3.63) is 59.2 Å². The number of carbonyl (C=O) groups excluding carboxylic acids is 1. The molecule has 0 aromatic heterocycles. The van der Waals surface area contributed by atoms with Crippen LogP contribution in [0.25, 0.3) is 0 Å². The van der Waals surface area contributed by atoms with E-state index >= 15 is 0 Å². The molecule has 0 unspecified atom stereocenters. The maximum atomic E-state index is 11.9. The molecule has 3 heteroatoms. The van der Waals surface area contributed by atoms with Crippen LogP contribution in [-0.4, -0.2) is 5.78 Å². The first-order valence-corrected chi connectivity index (χ1v) is 8.46. The third-order valence-electron chi connectivity index (χ3n) is 4.02. The number of hydrogen-bond donors (Lipinski definition) is 1. The molecule has 0 aliphatic heterocycles. The van der Waals surface area contributed by atoms with Crippen molar-refractivity contribution >= 4 is 11.5 Å². The summed E-state index contributed by atoms with van der Waals surface area (Å²) < 4.78 is 5.81. The summed E-state index contributed by atoms with van der Waals surface area (Å²) in [6, 6.07) is 13.7. The van der Waals surface area contributed by atoms with Crippen molar-refractivity contribution in [3.8, 4) is 5.75 Å². The lowest BCUT2D eigenvalue weighted by molar-refractivity contribution is 0.0981. The Morgan fingerprint density at radius 3 is 2.29 bits per heavy atom. The first-order chi connectivity index (χ1) is 11.3. The zero-order chi connectivity index (χ0) is 17.7. The fourth-order valence-electron chi connectivity index (χ4n) is 2.49. The van der Waals surface area contributed by atoms with E-state index in [9.17, 15) is 4.79 Å². The molecule has 2 aromatic rings. The van der Waals surface area contributed by atoms with Gasteiger partial charge in [0.25, 0.3) is 0 Å². The van der Waals surface area contributed by atoms with Gasteiger partial charge < -0.3 is 10.5 Å². The molecule has 0 radical (unpaired) electrons. The summed E-state index contributed by atoms with van der Waals surface area (Å²) >= 11 is 0. The molecule has 0 spiro atoms. The quantitative estimate of drug-likeness (QED) is 0.592. The lowest BCUT2D eigenvalue weighted by Crippen LogP contribution is -2.10. The van der Waals surface area contributed by atoms with E-state index in [0.29, 0.717) is 30.0 Å². The summed E-state index contributed by atoms with van der Waals surface area (Å²) in [5.74, 6) is 0.733. The predicted octanol–water partition coefficient (Wildman–Crippen LogP) is 5.13. The SMILES string of the molecule is CCCC(=O)c1ccc(OCc2ccc(C(C)(C)C)cc2)c(N)c1. The van der Waals surface area contributed by atoms with Gasteiger partial charge in [0.2, 0.25) is 0 Å². The molecule has 0 saturated heterocycles. The molecule has 0 fully saturated rings. The van der Waals surface area contributed by atoms with Crippen LogP contribution in [0.4, 0.5) is 5.69 Å². The van der Waals surface area contributed by atoms with E-state index in [2.05, 4.69) is 45.0 Å². The van der Waals surface area contributed by atoms with Crippen LogP contribution in [0.1, 0.15) is 62.0 Å². The van der Waals surface area contributed by atoms with Crippen LogP contribution in [-0.2, 0) is 12.0 Å². The molecule has 0 bridgehead atoms. The Balaban J connectivity index is 2.03. The minimum Gasteiger partial charge on any atom is -0.487 e. The van der Waals surface area contributed by atoms with Crippen molar-refractivity contribution in [2.45, 2.75) is 52.6 Å². The molecule has 2 rings (SSSR count). The highest BCUT2D eigenvalue weighted by Crippen LogP contribution is 2.26. The maximum Gasteiger partial charge on any atom is 0.162 e. The molecule has 24 heavy (non-hydrogen) atoms. The Labute approximate surface area is 144 Å². The van der Waals surface area contributed by atoms with E-state index in [-0.39, 0.29) is 11.2 Å². The lowest BCUT2D eigenvalue weighted by Gasteiger charge is -2.19. The normalized spacial score (nSPS) is 11.3. The van der Waals surface area contributed by atoms with E-state index < -0.39 is 0 Å². The highest BCUT2D eigenvalue weighted by Gasteiger charge is 2.13. The number of nitrogen functional groups attached to an aromatic ring is 1. The van der Waals surface area contributed by atoms with Crippen molar-refractivity contribution in [2.75, 3.05) is 5.73 Å². The molecular weight excluding hydrogens is 298 g/mol. The summed E-state index contributed by atoms with van der Waals surface area (Å²) in [5, 5.41) is 0. The number of nitrogens with two attached hydrogens (primary N) is 1. The predicted molar refractivity (Wildman–Crippen MR) is 99.6 cm³/mol. The van der Waals surface area contributed by atoms with Gasteiger partial charge in [0.15, 0.2) is 5.78 Å². The third-order valence-corrected chi connectivity index (χ3v) is 4.02. The number of hydrogen-bond acceptors (Lipinski definition) is 3. The molecule has 2 N–H and O–H groups in total. The summed E-state index contributed by atoms with van der Waals surface area (Å²) in [5.41, 5.74) is 9.71. The number of benzene rings is 2. The molecule has 0 atom stereocenters. The first-order valence-electron chi connectivity index (χ1n) is 8.46. The standard InChI is InChI=1S/C21H27NO2/c1-5-6-19(23)16-9-12-20(18(22)13-16)24-14-15-7-10-17(11-8-15)21(2,3)4/h7-13H,5-6,14,22H2,1-4H3.